The molecular weight excluding hydrogens is 418 g/mol. The summed E-state index contributed by atoms with van der Waals surface area (Å²) in [7, 11) is 0.855. The van der Waals surface area contributed by atoms with Crippen molar-refractivity contribution in [2.75, 3.05) is 31.8 Å². The molecule has 0 saturated heterocycles. The minimum Gasteiger partial charge on any atom is -0.363 e. The van der Waals surface area contributed by atoms with Crippen molar-refractivity contribution in [1.82, 2.24) is 14.5 Å². The van der Waals surface area contributed by atoms with Gasteiger partial charge in [0.25, 0.3) is 0 Å². The van der Waals surface area contributed by atoms with Gasteiger partial charge in [0.05, 0.1) is 10.3 Å². The highest BCUT2D eigenvalue weighted by atomic mass is 35.5. The van der Waals surface area contributed by atoms with E-state index in [1.807, 2.05) is 0 Å². The molecular formula is C14H18ClN5O3S3. The van der Waals surface area contributed by atoms with E-state index in [1.54, 1.807) is 20.0 Å². The maximum Gasteiger partial charge on any atom is 0.244 e. The number of nitrogens with zero attached hydrogens (tertiary/aromatic N) is 3. The van der Waals surface area contributed by atoms with E-state index in [4.69, 9.17) is 11.6 Å². The second-order valence-electron chi connectivity index (χ2n) is 5.31. The Bertz CT molecular complexity index is 901. The van der Waals surface area contributed by atoms with Gasteiger partial charge in [0, 0.05) is 26.8 Å². The van der Waals surface area contributed by atoms with E-state index in [-0.39, 0.29) is 15.8 Å². The average molecular weight is 436 g/mol. The van der Waals surface area contributed by atoms with Crippen LogP contribution in [-0.4, -0.2) is 55.2 Å². The molecule has 0 aliphatic heterocycles. The number of carbonyl (C=O) groups excluding carboxylic acids is 1. The molecule has 12 heteroatoms. The fraction of sp³-hybridized carbons (Fsp3) is 0.357. The number of hydrogen-bond donors (Lipinski definition) is 2. The molecule has 1 heterocycles. The van der Waals surface area contributed by atoms with Crippen LogP contribution in [-0.2, 0) is 14.8 Å². The van der Waals surface area contributed by atoms with Crippen LogP contribution >= 0.6 is 34.7 Å². The Morgan fingerprint density at radius 3 is 2.62 bits per heavy atom. The lowest BCUT2D eigenvalue weighted by molar-refractivity contribution is -0.115. The summed E-state index contributed by atoms with van der Waals surface area (Å²) in [4.78, 5) is 12.3. The molecule has 0 aliphatic carbocycles. The summed E-state index contributed by atoms with van der Waals surface area (Å²) in [6.07, 6.45) is 0. The van der Waals surface area contributed by atoms with Gasteiger partial charge in [0.2, 0.25) is 21.1 Å². The van der Waals surface area contributed by atoms with E-state index < -0.39 is 15.3 Å². The predicted octanol–water partition coefficient (Wildman–Crippen LogP) is 2.60. The van der Waals surface area contributed by atoms with Crippen LogP contribution in [0.25, 0.3) is 0 Å². The van der Waals surface area contributed by atoms with Crippen LogP contribution in [0.5, 0.6) is 0 Å². The van der Waals surface area contributed by atoms with Crippen LogP contribution in [0.1, 0.15) is 6.92 Å². The number of nitrogens with one attached hydrogen (secondary N) is 2. The van der Waals surface area contributed by atoms with Crippen LogP contribution < -0.4 is 10.6 Å². The van der Waals surface area contributed by atoms with Crippen LogP contribution in [0, 0.1) is 0 Å². The minimum absolute atomic E-state index is 0.0648. The lowest BCUT2D eigenvalue weighted by Crippen LogP contribution is -2.24. The summed E-state index contributed by atoms with van der Waals surface area (Å²) in [5, 5.41) is 13.8. The van der Waals surface area contributed by atoms with Gasteiger partial charge in [-0.2, -0.15) is 0 Å². The minimum atomic E-state index is -3.71. The monoisotopic (exact) mass is 435 g/mol. The molecule has 1 aromatic heterocycles. The Balaban J connectivity index is 2.13. The van der Waals surface area contributed by atoms with Gasteiger partial charge in [-0.3, -0.25) is 4.79 Å². The normalized spacial score (nSPS) is 12.8. The number of hydrogen-bond acceptors (Lipinski definition) is 8. The fourth-order valence-corrected chi connectivity index (χ4v) is 5.03. The van der Waals surface area contributed by atoms with Gasteiger partial charge < -0.3 is 10.6 Å². The molecule has 1 aromatic carbocycles. The zero-order valence-corrected chi connectivity index (χ0v) is 17.7. The first-order valence-electron chi connectivity index (χ1n) is 7.36. The smallest absolute Gasteiger partial charge is 0.244 e. The Morgan fingerprint density at radius 1 is 1.35 bits per heavy atom. The van der Waals surface area contributed by atoms with Crippen molar-refractivity contribution in [2.24, 2.45) is 0 Å². The molecule has 1 amide bonds. The Kier molecular flexibility index (Phi) is 6.86. The van der Waals surface area contributed by atoms with Crippen LogP contribution in [0.3, 0.4) is 0 Å². The summed E-state index contributed by atoms with van der Waals surface area (Å²) >= 11 is 8.61. The molecule has 0 fully saturated rings. The number of sulfonamides is 1. The summed E-state index contributed by atoms with van der Waals surface area (Å²) in [5.41, 5.74) is 0.348. The van der Waals surface area contributed by atoms with Crippen LogP contribution in [0.2, 0.25) is 5.02 Å². The first kappa shape index (κ1) is 20.9. The number of amides is 1. The van der Waals surface area contributed by atoms with E-state index in [9.17, 15) is 13.2 Å². The lowest BCUT2D eigenvalue weighted by atomic mass is 10.3. The zero-order chi connectivity index (χ0) is 19.5. The van der Waals surface area contributed by atoms with Gasteiger partial charge in [0.15, 0.2) is 4.34 Å². The second kappa shape index (κ2) is 8.53. The van der Waals surface area contributed by atoms with Crippen molar-refractivity contribution in [3.63, 3.8) is 0 Å². The third kappa shape index (κ3) is 4.86. The Hall–Kier alpha value is -1.40. The highest BCUT2D eigenvalue weighted by molar-refractivity contribution is 8.02. The number of carbonyl (C=O) groups is 1. The van der Waals surface area contributed by atoms with Gasteiger partial charge in [-0.15, -0.1) is 10.2 Å². The second-order valence-corrected chi connectivity index (χ2v) is 10.4. The molecule has 8 nitrogen and oxygen atoms in total. The molecule has 142 valence electrons. The quantitative estimate of drug-likeness (QED) is 0.644. The number of halogens is 1. The van der Waals surface area contributed by atoms with E-state index in [1.165, 1.54) is 49.3 Å². The highest BCUT2D eigenvalue weighted by Crippen LogP contribution is 2.30. The van der Waals surface area contributed by atoms with E-state index >= 15 is 0 Å². The van der Waals surface area contributed by atoms with Gasteiger partial charge >= 0.3 is 0 Å². The molecule has 0 unspecified atom stereocenters. The van der Waals surface area contributed by atoms with Crippen molar-refractivity contribution in [3.05, 3.63) is 23.2 Å². The third-order valence-electron chi connectivity index (χ3n) is 3.22. The van der Waals surface area contributed by atoms with Gasteiger partial charge in [-0.05, 0) is 25.1 Å². The van der Waals surface area contributed by atoms with E-state index in [0.717, 1.165) is 4.31 Å². The molecule has 0 radical (unpaired) electrons. The van der Waals surface area contributed by atoms with Crippen LogP contribution in [0.4, 0.5) is 10.8 Å². The standard InChI is InChI=1S/C14H18ClN5O3S3/c1-8(24-14-19-18-13(16-2)25-14)12(21)17-9-5-6-10(15)11(7-9)26(22,23)20(3)4/h5-8H,1-4H3,(H,16,18)(H,17,21)/t8-/m0/s1. The number of anilines is 2. The van der Waals surface area contributed by atoms with Crippen molar-refractivity contribution in [1.29, 1.82) is 0 Å². The first-order chi connectivity index (χ1) is 12.1. The van der Waals surface area contributed by atoms with Crippen molar-refractivity contribution in [2.45, 2.75) is 21.4 Å². The van der Waals surface area contributed by atoms with Crippen molar-refractivity contribution < 1.29 is 13.2 Å². The Morgan fingerprint density at radius 2 is 2.04 bits per heavy atom. The average Bonchev–Trinajstić information content (AvgIpc) is 3.03. The largest absolute Gasteiger partial charge is 0.363 e. The molecule has 0 saturated carbocycles. The molecule has 2 aromatic rings. The third-order valence-corrected chi connectivity index (χ3v) is 7.65. The maximum atomic E-state index is 12.4. The highest BCUT2D eigenvalue weighted by Gasteiger charge is 2.22. The topological polar surface area (TPSA) is 104 Å². The number of benzene rings is 1. The summed E-state index contributed by atoms with van der Waals surface area (Å²) in [5.74, 6) is -0.285. The molecule has 2 rings (SSSR count). The van der Waals surface area contributed by atoms with Gasteiger partial charge in [-0.1, -0.05) is 34.7 Å². The van der Waals surface area contributed by atoms with Crippen molar-refractivity contribution in [3.8, 4) is 0 Å². The van der Waals surface area contributed by atoms with E-state index in [2.05, 4.69) is 20.8 Å². The van der Waals surface area contributed by atoms with Crippen molar-refractivity contribution >= 4 is 61.4 Å². The van der Waals surface area contributed by atoms with E-state index in [0.29, 0.717) is 15.2 Å². The molecule has 1 atom stereocenters. The van der Waals surface area contributed by atoms with Crippen LogP contribution in [0.15, 0.2) is 27.4 Å². The molecule has 0 spiro atoms. The first-order valence-corrected chi connectivity index (χ1v) is 10.9. The summed E-state index contributed by atoms with van der Waals surface area (Å²) in [6, 6.07) is 4.34. The molecule has 26 heavy (non-hydrogen) atoms. The van der Waals surface area contributed by atoms with Gasteiger partial charge in [0.1, 0.15) is 4.90 Å². The zero-order valence-electron chi connectivity index (χ0n) is 14.5. The number of aromatic nitrogens is 2. The summed E-state index contributed by atoms with van der Waals surface area (Å²) in [6.45, 7) is 1.73. The molecule has 0 bridgehead atoms. The Labute approximate surface area is 165 Å². The molecule has 2 N–H and O–H groups in total. The number of rotatable bonds is 7. The lowest BCUT2D eigenvalue weighted by Gasteiger charge is -2.15. The summed E-state index contributed by atoms with van der Waals surface area (Å²) < 4.78 is 26.3. The predicted molar refractivity (Wildman–Crippen MR) is 106 cm³/mol. The maximum absolute atomic E-state index is 12.4. The fourth-order valence-electron chi connectivity index (χ4n) is 1.78. The SMILES string of the molecule is CNc1nnc(S[C@@H](C)C(=O)Nc2ccc(Cl)c(S(=O)(=O)N(C)C)c2)s1. The number of thioether (sulfide) groups is 1. The molecule has 0 aliphatic rings. The van der Waals surface area contributed by atoms with Gasteiger partial charge in [-0.25, -0.2) is 12.7 Å².